The number of piperidine rings is 1. The van der Waals surface area contributed by atoms with Gasteiger partial charge in [-0.2, -0.15) is 10.2 Å². The topological polar surface area (TPSA) is 114 Å². The highest BCUT2D eigenvalue weighted by Crippen LogP contribution is 2.32. The van der Waals surface area contributed by atoms with E-state index >= 15 is 0 Å². The molecule has 2 heterocycles. The number of aromatic nitrogens is 2. The molecule has 0 radical (unpaired) electrons. The Morgan fingerprint density at radius 1 is 1.07 bits per heavy atom. The van der Waals surface area contributed by atoms with Crippen molar-refractivity contribution in [3.05, 3.63) is 29.8 Å². The van der Waals surface area contributed by atoms with Crippen molar-refractivity contribution in [2.75, 3.05) is 37.7 Å². The summed E-state index contributed by atoms with van der Waals surface area (Å²) in [7, 11) is 0. The van der Waals surface area contributed by atoms with E-state index in [1.165, 1.54) is 32.4 Å². The fraction of sp³-hybridized carbons (Fsp3) is 0.450. The highest BCUT2D eigenvalue weighted by atomic mass is 16.5. The second kappa shape index (κ2) is 9.19. The number of likely N-dealkylation sites (tertiary alicyclic amines) is 1. The number of benzene rings is 1. The van der Waals surface area contributed by atoms with Crippen LogP contribution in [0.5, 0.6) is 5.75 Å². The van der Waals surface area contributed by atoms with Crippen molar-refractivity contribution < 1.29 is 4.74 Å². The molecule has 2 aromatic rings. The van der Waals surface area contributed by atoms with Crippen molar-refractivity contribution in [1.82, 2.24) is 14.9 Å². The van der Waals surface area contributed by atoms with Gasteiger partial charge in [-0.3, -0.25) is 0 Å². The molecule has 0 bridgehead atoms. The third-order valence-corrected chi connectivity index (χ3v) is 4.78. The molecule has 27 heavy (non-hydrogen) atoms. The van der Waals surface area contributed by atoms with E-state index in [1.807, 2.05) is 24.3 Å². The number of nitrogens with zero attached hydrogens (tertiary/aromatic N) is 4. The molecular formula is C20H26N6O. The van der Waals surface area contributed by atoms with Gasteiger partial charge in [0.1, 0.15) is 23.2 Å². The summed E-state index contributed by atoms with van der Waals surface area (Å²) in [5.41, 5.74) is 12.9. The molecule has 0 aliphatic carbocycles. The summed E-state index contributed by atoms with van der Waals surface area (Å²) in [6, 6.07) is 9.55. The number of hydrogen-bond donors (Lipinski definition) is 2. The number of unbranched alkanes of at least 4 members (excludes halogenated alkanes) is 1. The number of rotatable bonds is 7. The molecule has 4 N–H and O–H groups in total. The first-order chi connectivity index (χ1) is 13.2. The predicted octanol–water partition coefficient (Wildman–Crippen LogP) is 2.82. The number of hydrogen-bond acceptors (Lipinski definition) is 7. The Morgan fingerprint density at radius 2 is 1.85 bits per heavy atom. The monoisotopic (exact) mass is 366 g/mol. The first-order valence-electron chi connectivity index (χ1n) is 9.46. The second-order valence-corrected chi connectivity index (χ2v) is 6.76. The normalized spacial score (nSPS) is 14.6. The second-order valence-electron chi connectivity index (χ2n) is 6.76. The van der Waals surface area contributed by atoms with Crippen LogP contribution in [0.1, 0.15) is 37.7 Å². The molecule has 1 saturated heterocycles. The van der Waals surface area contributed by atoms with Crippen LogP contribution in [0.25, 0.3) is 11.3 Å². The van der Waals surface area contributed by atoms with Crippen molar-refractivity contribution in [3.63, 3.8) is 0 Å². The van der Waals surface area contributed by atoms with Crippen molar-refractivity contribution in [3.8, 4) is 23.1 Å². The Balaban J connectivity index is 1.64. The van der Waals surface area contributed by atoms with Crippen molar-refractivity contribution >= 4 is 11.8 Å². The molecule has 1 fully saturated rings. The molecule has 1 aliphatic heterocycles. The van der Waals surface area contributed by atoms with Crippen LogP contribution in [0, 0.1) is 11.3 Å². The molecule has 3 rings (SSSR count). The third-order valence-electron chi connectivity index (χ3n) is 4.78. The van der Waals surface area contributed by atoms with Crippen LogP contribution in [-0.2, 0) is 0 Å². The third kappa shape index (κ3) is 4.86. The molecular weight excluding hydrogens is 340 g/mol. The van der Waals surface area contributed by atoms with Gasteiger partial charge >= 0.3 is 0 Å². The molecule has 142 valence electrons. The molecule has 0 saturated carbocycles. The average Bonchev–Trinajstić information content (AvgIpc) is 2.68. The molecule has 0 atom stereocenters. The van der Waals surface area contributed by atoms with Crippen molar-refractivity contribution in [2.24, 2.45) is 0 Å². The minimum absolute atomic E-state index is 0.0397. The first kappa shape index (κ1) is 18.9. The lowest BCUT2D eigenvalue weighted by Crippen LogP contribution is -2.30. The lowest BCUT2D eigenvalue weighted by molar-refractivity contribution is 0.216. The van der Waals surface area contributed by atoms with Gasteiger partial charge in [0.15, 0.2) is 0 Å². The number of ether oxygens (including phenoxy) is 1. The quantitative estimate of drug-likeness (QED) is 0.724. The number of nitrogens with two attached hydrogens (primary N) is 2. The van der Waals surface area contributed by atoms with Crippen LogP contribution in [0.4, 0.5) is 11.8 Å². The number of para-hydroxylation sites is 1. The van der Waals surface area contributed by atoms with Crippen molar-refractivity contribution in [1.29, 1.82) is 5.26 Å². The smallest absolute Gasteiger partial charge is 0.222 e. The molecule has 0 spiro atoms. The Labute approximate surface area is 160 Å². The summed E-state index contributed by atoms with van der Waals surface area (Å²) in [5, 5.41) is 9.42. The summed E-state index contributed by atoms with van der Waals surface area (Å²) in [6.45, 7) is 4.18. The zero-order valence-electron chi connectivity index (χ0n) is 15.5. The van der Waals surface area contributed by atoms with Gasteiger partial charge in [-0.25, -0.2) is 4.98 Å². The Kier molecular flexibility index (Phi) is 6.44. The van der Waals surface area contributed by atoms with Crippen LogP contribution in [0.3, 0.4) is 0 Å². The highest BCUT2D eigenvalue weighted by Gasteiger charge is 2.17. The molecule has 1 aliphatic rings. The van der Waals surface area contributed by atoms with Crippen LogP contribution in [-0.4, -0.2) is 41.1 Å². The van der Waals surface area contributed by atoms with Crippen LogP contribution >= 0.6 is 0 Å². The van der Waals surface area contributed by atoms with E-state index in [0.29, 0.717) is 23.6 Å². The van der Waals surface area contributed by atoms with Gasteiger partial charge in [0, 0.05) is 5.56 Å². The molecule has 1 aromatic carbocycles. The summed E-state index contributed by atoms with van der Waals surface area (Å²) in [5.74, 6) is 0.790. The summed E-state index contributed by atoms with van der Waals surface area (Å²) < 4.78 is 5.99. The minimum Gasteiger partial charge on any atom is -0.493 e. The first-order valence-corrected chi connectivity index (χ1v) is 9.46. The van der Waals surface area contributed by atoms with E-state index in [-0.39, 0.29) is 17.3 Å². The summed E-state index contributed by atoms with van der Waals surface area (Å²) in [6.07, 6.45) is 6.08. The van der Waals surface area contributed by atoms with Crippen LogP contribution in [0.2, 0.25) is 0 Å². The maximum atomic E-state index is 9.42. The zero-order valence-corrected chi connectivity index (χ0v) is 15.5. The molecule has 1 aromatic heterocycles. The molecule has 7 heteroatoms. The van der Waals surface area contributed by atoms with Gasteiger partial charge in [-0.1, -0.05) is 18.6 Å². The molecule has 0 unspecified atom stereocenters. The Bertz CT molecular complexity index is 811. The van der Waals surface area contributed by atoms with E-state index in [4.69, 9.17) is 16.2 Å². The van der Waals surface area contributed by atoms with Gasteiger partial charge in [-0.15, -0.1) is 0 Å². The van der Waals surface area contributed by atoms with Crippen LogP contribution in [0.15, 0.2) is 24.3 Å². The van der Waals surface area contributed by atoms with E-state index < -0.39 is 0 Å². The van der Waals surface area contributed by atoms with Crippen LogP contribution < -0.4 is 16.2 Å². The van der Waals surface area contributed by atoms with Gasteiger partial charge in [-0.05, 0) is 57.5 Å². The fourth-order valence-corrected chi connectivity index (χ4v) is 3.39. The SMILES string of the molecule is N#Cc1c(N)nc(N)nc1-c1ccccc1OCCCCN1CCCCC1. The number of anilines is 2. The highest BCUT2D eigenvalue weighted by molar-refractivity contribution is 5.77. The lowest BCUT2D eigenvalue weighted by atomic mass is 10.1. The Hall–Kier alpha value is -2.85. The van der Waals surface area contributed by atoms with Gasteiger partial charge in [0.2, 0.25) is 5.95 Å². The number of nitriles is 1. The van der Waals surface area contributed by atoms with Gasteiger partial charge in [0.25, 0.3) is 0 Å². The average molecular weight is 366 g/mol. The Morgan fingerprint density at radius 3 is 2.63 bits per heavy atom. The molecule has 0 amide bonds. The largest absolute Gasteiger partial charge is 0.493 e. The maximum Gasteiger partial charge on any atom is 0.222 e. The van der Waals surface area contributed by atoms with E-state index in [9.17, 15) is 5.26 Å². The summed E-state index contributed by atoms with van der Waals surface area (Å²) in [4.78, 5) is 10.6. The summed E-state index contributed by atoms with van der Waals surface area (Å²) >= 11 is 0. The van der Waals surface area contributed by atoms with Gasteiger partial charge in [0.05, 0.1) is 12.3 Å². The van der Waals surface area contributed by atoms with Gasteiger partial charge < -0.3 is 21.1 Å². The predicted molar refractivity (Wildman–Crippen MR) is 106 cm³/mol. The van der Waals surface area contributed by atoms with E-state index in [0.717, 1.165) is 19.4 Å². The lowest BCUT2D eigenvalue weighted by Gasteiger charge is -2.26. The molecule has 7 nitrogen and oxygen atoms in total. The standard InChI is InChI=1S/C20H26N6O/c21-14-16-18(24-20(23)25-19(16)22)15-8-2-3-9-17(15)27-13-7-6-12-26-10-4-1-5-11-26/h2-3,8-9H,1,4-7,10-13H2,(H4,22,23,24,25). The van der Waals surface area contributed by atoms with Crippen molar-refractivity contribution in [2.45, 2.75) is 32.1 Å². The zero-order chi connectivity index (χ0) is 19.1. The fourth-order valence-electron chi connectivity index (χ4n) is 3.39. The number of nitrogen functional groups attached to an aromatic ring is 2. The minimum atomic E-state index is 0.0397. The van der Waals surface area contributed by atoms with E-state index in [2.05, 4.69) is 20.9 Å². The van der Waals surface area contributed by atoms with E-state index in [1.54, 1.807) is 0 Å². The maximum absolute atomic E-state index is 9.42.